The molecule has 0 aromatic heterocycles. The molecular weight excluding hydrogens is 278 g/mol. The van der Waals surface area contributed by atoms with Crippen molar-refractivity contribution in [1.29, 1.82) is 0 Å². The summed E-state index contributed by atoms with van der Waals surface area (Å²) in [5.41, 5.74) is 0. The molecule has 2 aliphatic carbocycles. The number of fused-ring (bicyclic) bond motifs is 2. The third-order valence-corrected chi connectivity index (χ3v) is 6.40. The number of piperidine rings is 1. The van der Waals surface area contributed by atoms with E-state index in [1.807, 2.05) is 9.80 Å². The predicted octanol–water partition coefficient (Wildman–Crippen LogP) is 1.83. The Morgan fingerprint density at radius 1 is 1.18 bits per heavy atom. The van der Waals surface area contributed by atoms with Crippen molar-refractivity contribution < 1.29 is 9.59 Å². The summed E-state index contributed by atoms with van der Waals surface area (Å²) in [6.07, 6.45) is 8.20. The second-order valence-corrected chi connectivity index (χ2v) is 7.70. The van der Waals surface area contributed by atoms with Crippen molar-refractivity contribution in [3.63, 3.8) is 0 Å². The molecule has 0 unspecified atom stereocenters. The molecule has 2 aliphatic heterocycles. The normalized spacial score (nSPS) is 37.7. The average molecular weight is 305 g/mol. The smallest absolute Gasteiger partial charge is 0.317 e. The number of carbonyl (C=O) groups excluding carboxylic acids is 2. The fourth-order valence-corrected chi connectivity index (χ4v) is 5.25. The topological polar surface area (TPSA) is 52.7 Å². The highest BCUT2D eigenvalue weighted by atomic mass is 16.2. The number of hydrogen-bond donors (Lipinski definition) is 1. The van der Waals surface area contributed by atoms with Gasteiger partial charge in [0.25, 0.3) is 0 Å². The third kappa shape index (κ3) is 2.59. The minimum atomic E-state index is 0.0485. The number of nitrogens with zero attached hydrogens (tertiary/aromatic N) is 2. The first-order valence-corrected chi connectivity index (χ1v) is 9.03. The largest absolute Gasteiger partial charge is 0.341 e. The summed E-state index contributed by atoms with van der Waals surface area (Å²) in [5, 5.41) is 2.87. The van der Waals surface area contributed by atoms with E-state index in [1.54, 1.807) is 0 Å². The molecule has 5 nitrogen and oxygen atoms in total. The molecule has 122 valence electrons. The molecule has 0 aromatic carbocycles. The quantitative estimate of drug-likeness (QED) is 0.865. The highest BCUT2D eigenvalue weighted by Gasteiger charge is 2.41. The molecule has 4 aliphatic rings. The van der Waals surface area contributed by atoms with Gasteiger partial charge in [-0.2, -0.15) is 0 Å². The second-order valence-electron chi connectivity index (χ2n) is 7.70. The number of amides is 3. The maximum atomic E-state index is 12.7. The van der Waals surface area contributed by atoms with Gasteiger partial charge in [-0.15, -0.1) is 0 Å². The fourth-order valence-electron chi connectivity index (χ4n) is 5.25. The van der Waals surface area contributed by atoms with Crippen molar-refractivity contribution in [2.75, 3.05) is 26.2 Å². The van der Waals surface area contributed by atoms with Crippen LogP contribution in [0.1, 0.15) is 44.9 Å². The number of hydrogen-bond acceptors (Lipinski definition) is 2. The lowest BCUT2D eigenvalue weighted by molar-refractivity contribution is -0.134. The van der Waals surface area contributed by atoms with Crippen LogP contribution < -0.4 is 5.32 Å². The Balaban J connectivity index is 1.33. The van der Waals surface area contributed by atoms with Gasteiger partial charge in [-0.1, -0.05) is 6.42 Å². The summed E-state index contributed by atoms with van der Waals surface area (Å²) in [6.45, 7) is 3.16. The molecule has 2 bridgehead atoms. The molecule has 0 spiro atoms. The molecule has 0 aromatic rings. The van der Waals surface area contributed by atoms with Crippen LogP contribution in [-0.4, -0.2) is 54.0 Å². The van der Waals surface area contributed by atoms with Crippen molar-refractivity contribution >= 4 is 11.9 Å². The number of carbonyl (C=O) groups is 2. The molecule has 2 saturated heterocycles. The first-order chi connectivity index (χ1) is 10.7. The van der Waals surface area contributed by atoms with E-state index in [0.29, 0.717) is 11.8 Å². The summed E-state index contributed by atoms with van der Waals surface area (Å²) in [5.74, 6) is 2.70. The number of likely N-dealkylation sites (tertiary alicyclic amines) is 1. The zero-order chi connectivity index (χ0) is 15.1. The van der Waals surface area contributed by atoms with Crippen LogP contribution in [0.4, 0.5) is 4.79 Å². The van der Waals surface area contributed by atoms with Crippen LogP contribution in [0.2, 0.25) is 0 Å². The van der Waals surface area contributed by atoms with Gasteiger partial charge < -0.3 is 15.1 Å². The van der Waals surface area contributed by atoms with Crippen molar-refractivity contribution in [1.82, 2.24) is 15.1 Å². The molecule has 4 fully saturated rings. The first kappa shape index (κ1) is 14.3. The maximum absolute atomic E-state index is 12.7. The molecule has 2 saturated carbocycles. The predicted molar refractivity (Wildman–Crippen MR) is 83.3 cm³/mol. The summed E-state index contributed by atoms with van der Waals surface area (Å²) in [4.78, 5) is 28.5. The van der Waals surface area contributed by atoms with E-state index in [2.05, 4.69) is 5.32 Å². The Kier molecular flexibility index (Phi) is 3.74. The molecular formula is C17H27N3O2. The molecule has 5 heteroatoms. The molecule has 4 rings (SSSR count). The van der Waals surface area contributed by atoms with Gasteiger partial charge in [0.1, 0.15) is 0 Å². The van der Waals surface area contributed by atoms with Crippen LogP contribution in [0.5, 0.6) is 0 Å². The first-order valence-electron chi connectivity index (χ1n) is 9.03. The third-order valence-electron chi connectivity index (χ3n) is 6.40. The standard InChI is InChI=1S/C17H27N3O2/c21-16(10-14-9-12-3-4-13(14)8-12)19-6-1-2-15(11-19)20-7-5-18-17(20)22/h12-15H,1-11H2,(H,18,22)/t12-,13-,14+,15+/m0/s1. The molecule has 4 atom stereocenters. The molecule has 2 heterocycles. The lowest BCUT2D eigenvalue weighted by Crippen LogP contribution is -2.51. The molecule has 1 N–H and O–H groups in total. The van der Waals surface area contributed by atoms with E-state index in [9.17, 15) is 9.59 Å². The Hall–Kier alpha value is -1.26. The Morgan fingerprint density at radius 2 is 2.09 bits per heavy atom. The molecule has 0 radical (unpaired) electrons. The highest BCUT2D eigenvalue weighted by molar-refractivity contribution is 5.78. The number of nitrogens with one attached hydrogen (secondary N) is 1. The van der Waals surface area contributed by atoms with Gasteiger partial charge in [0, 0.05) is 32.6 Å². The lowest BCUT2D eigenvalue weighted by atomic mass is 9.86. The number of rotatable bonds is 3. The molecule has 22 heavy (non-hydrogen) atoms. The Morgan fingerprint density at radius 3 is 2.77 bits per heavy atom. The van der Waals surface area contributed by atoms with Gasteiger partial charge in [-0.05, 0) is 49.9 Å². The van der Waals surface area contributed by atoms with Gasteiger partial charge in [0.2, 0.25) is 5.91 Å². The summed E-state index contributed by atoms with van der Waals surface area (Å²) < 4.78 is 0. The zero-order valence-corrected chi connectivity index (χ0v) is 13.3. The maximum Gasteiger partial charge on any atom is 0.317 e. The van der Waals surface area contributed by atoms with Gasteiger partial charge in [-0.25, -0.2) is 4.79 Å². The summed E-state index contributed by atoms with van der Waals surface area (Å²) in [7, 11) is 0. The van der Waals surface area contributed by atoms with E-state index in [-0.39, 0.29) is 12.1 Å². The van der Waals surface area contributed by atoms with E-state index >= 15 is 0 Å². The minimum Gasteiger partial charge on any atom is -0.341 e. The highest BCUT2D eigenvalue weighted by Crippen LogP contribution is 2.49. The number of urea groups is 1. The van der Waals surface area contributed by atoms with Crippen LogP contribution in [0.25, 0.3) is 0 Å². The second kappa shape index (κ2) is 5.74. The van der Waals surface area contributed by atoms with Crippen molar-refractivity contribution in [3.8, 4) is 0 Å². The summed E-state index contributed by atoms with van der Waals surface area (Å²) >= 11 is 0. The van der Waals surface area contributed by atoms with E-state index < -0.39 is 0 Å². The van der Waals surface area contributed by atoms with Crippen LogP contribution in [0.3, 0.4) is 0 Å². The van der Waals surface area contributed by atoms with Gasteiger partial charge in [-0.3, -0.25) is 4.79 Å². The van der Waals surface area contributed by atoms with E-state index in [0.717, 1.165) is 57.3 Å². The lowest BCUT2D eigenvalue weighted by Gasteiger charge is -2.37. The van der Waals surface area contributed by atoms with Crippen LogP contribution in [0.15, 0.2) is 0 Å². The van der Waals surface area contributed by atoms with Gasteiger partial charge >= 0.3 is 6.03 Å². The average Bonchev–Trinajstić information content (AvgIpc) is 3.24. The summed E-state index contributed by atoms with van der Waals surface area (Å²) in [6, 6.07) is 0.271. The van der Waals surface area contributed by atoms with E-state index in [1.165, 1.54) is 25.7 Å². The molecule has 3 amide bonds. The minimum absolute atomic E-state index is 0.0485. The van der Waals surface area contributed by atoms with Crippen LogP contribution in [0, 0.1) is 17.8 Å². The zero-order valence-electron chi connectivity index (χ0n) is 13.3. The monoisotopic (exact) mass is 305 g/mol. The van der Waals surface area contributed by atoms with E-state index in [4.69, 9.17) is 0 Å². The van der Waals surface area contributed by atoms with Crippen LogP contribution in [-0.2, 0) is 4.79 Å². The van der Waals surface area contributed by atoms with Crippen molar-refractivity contribution in [3.05, 3.63) is 0 Å². The Bertz CT molecular complexity index is 467. The van der Waals surface area contributed by atoms with Crippen molar-refractivity contribution in [2.24, 2.45) is 17.8 Å². The Labute approximate surface area is 132 Å². The van der Waals surface area contributed by atoms with Crippen molar-refractivity contribution in [2.45, 2.75) is 51.0 Å². The SMILES string of the molecule is O=C(C[C@H]1C[C@H]2CC[C@H]1C2)N1CCC[C@@H](N2CCNC2=O)C1. The van der Waals surface area contributed by atoms with Gasteiger partial charge in [0.05, 0.1) is 6.04 Å². The van der Waals surface area contributed by atoms with Gasteiger partial charge in [0.15, 0.2) is 0 Å². The fraction of sp³-hybridized carbons (Fsp3) is 0.882. The van der Waals surface area contributed by atoms with Crippen LogP contribution >= 0.6 is 0 Å².